The lowest BCUT2D eigenvalue weighted by Crippen LogP contribution is -2.37. The van der Waals surface area contributed by atoms with Crippen molar-refractivity contribution in [1.29, 1.82) is 0 Å². The van der Waals surface area contributed by atoms with E-state index < -0.39 is 6.10 Å². The summed E-state index contributed by atoms with van der Waals surface area (Å²) in [6.45, 7) is 5.19. The van der Waals surface area contributed by atoms with Crippen molar-refractivity contribution in [3.63, 3.8) is 0 Å². The van der Waals surface area contributed by atoms with E-state index in [2.05, 4.69) is 23.4 Å². The molecular weight excluding hydrogens is 246 g/mol. The van der Waals surface area contributed by atoms with Crippen molar-refractivity contribution in [3.05, 3.63) is 18.2 Å². The molecule has 6 nitrogen and oxygen atoms in total. The Morgan fingerprint density at radius 3 is 3.00 bits per heavy atom. The van der Waals surface area contributed by atoms with E-state index in [0.717, 1.165) is 5.82 Å². The number of β-amino-alcohol motifs (C(OH)–C–C–N with tert-alkyl or cyclic N) is 1. The lowest BCUT2D eigenvalue weighted by Gasteiger charge is -2.22. The maximum absolute atomic E-state index is 11.7. The molecule has 0 amide bonds. The van der Waals surface area contributed by atoms with E-state index in [1.165, 1.54) is 7.11 Å². The number of hydrogen-bond donors (Lipinski definition) is 1. The van der Waals surface area contributed by atoms with E-state index in [9.17, 15) is 9.90 Å². The van der Waals surface area contributed by atoms with Gasteiger partial charge in [0.25, 0.3) is 0 Å². The predicted octanol–water partition coefficient (Wildman–Crippen LogP) is 0.572. The molecule has 1 aliphatic rings. The number of esters is 1. The molecule has 6 heteroatoms. The Morgan fingerprint density at radius 2 is 2.37 bits per heavy atom. The summed E-state index contributed by atoms with van der Waals surface area (Å²) in [4.78, 5) is 18.0. The number of methoxy groups -OCH3 is 1. The van der Waals surface area contributed by atoms with Gasteiger partial charge in [-0.2, -0.15) is 0 Å². The highest BCUT2D eigenvalue weighted by molar-refractivity contribution is 5.76. The largest absolute Gasteiger partial charge is 0.468 e. The number of carbonyl (C=O) groups is 1. The number of hydrogen-bond acceptors (Lipinski definition) is 5. The molecule has 2 heterocycles. The van der Waals surface area contributed by atoms with E-state index >= 15 is 0 Å². The number of imidazole rings is 1. The number of rotatable bonds is 4. The van der Waals surface area contributed by atoms with Crippen LogP contribution in [-0.4, -0.2) is 51.3 Å². The minimum Gasteiger partial charge on any atom is -0.468 e. The summed E-state index contributed by atoms with van der Waals surface area (Å²) in [6, 6.07) is -0.0566. The average Bonchev–Trinajstić information content (AvgIpc) is 2.95. The van der Waals surface area contributed by atoms with Crippen molar-refractivity contribution < 1.29 is 14.6 Å². The smallest absolute Gasteiger partial charge is 0.323 e. The molecule has 106 valence electrons. The second kappa shape index (κ2) is 5.71. The van der Waals surface area contributed by atoms with Crippen LogP contribution in [0, 0.1) is 0 Å². The summed E-state index contributed by atoms with van der Waals surface area (Å²) < 4.78 is 6.86. The molecule has 0 aromatic carbocycles. The van der Waals surface area contributed by atoms with E-state index in [1.807, 2.05) is 11.1 Å². The van der Waals surface area contributed by atoms with Crippen LogP contribution in [0.5, 0.6) is 0 Å². The fourth-order valence-corrected chi connectivity index (χ4v) is 2.55. The molecule has 1 fully saturated rings. The molecule has 1 aromatic rings. The molecule has 1 N–H and O–H groups in total. The van der Waals surface area contributed by atoms with Crippen LogP contribution in [0.3, 0.4) is 0 Å². The van der Waals surface area contributed by atoms with Crippen LogP contribution in [0.25, 0.3) is 0 Å². The SMILES string of the molecule is COC(=O)[C@H]1C[C@@H](O)CN1Cc1nccn1C(C)C. The number of aliphatic hydroxyl groups is 1. The number of aliphatic hydroxyl groups excluding tert-OH is 1. The quantitative estimate of drug-likeness (QED) is 0.808. The summed E-state index contributed by atoms with van der Waals surface area (Å²) in [7, 11) is 1.38. The summed E-state index contributed by atoms with van der Waals surface area (Å²) in [5.41, 5.74) is 0. The van der Waals surface area contributed by atoms with Crippen molar-refractivity contribution in [2.24, 2.45) is 0 Å². The third kappa shape index (κ3) is 2.96. The third-order valence-electron chi connectivity index (χ3n) is 3.50. The fraction of sp³-hybridized carbons (Fsp3) is 0.692. The molecule has 1 saturated heterocycles. The molecule has 19 heavy (non-hydrogen) atoms. The maximum atomic E-state index is 11.7. The van der Waals surface area contributed by atoms with E-state index in [4.69, 9.17) is 4.74 Å². The minimum absolute atomic E-state index is 0.292. The van der Waals surface area contributed by atoms with Crippen LogP contribution in [0.2, 0.25) is 0 Å². The molecule has 0 aliphatic carbocycles. The van der Waals surface area contributed by atoms with Gasteiger partial charge in [-0.15, -0.1) is 0 Å². The molecule has 2 rings (SSSR count). The molecule has 0 bridgehead atoms. The van der Waals surface area contributed by atoms with Gasteiger partial charge in [0.1, 0.15) is 11.9 Å². The average molecular weight is 267 g/mol. The third-order valence-corrected chi connectivity index (χ3v) is 3.50. The summed E-state index contributed by atoms with van der Waals surface area (Å²) >= 11 is 0. The zero-order valence-electron chi connectivity index (χ0n) is 11.6. The second-order valence-corrected chi connectivity index (χ2v) is 5.20. The highest BCUT2D eigenvalue weighted by Gasteiger charge is 2.37. The molecule has 0 saturated carbocycles. The second-order valence-electron chi connectivity index (χ2n) is 5.20. The predicted molar refractivity (Wildman–Crippen MR) is 69.4 cm³/mol. The molecular formula is C13H21N3O3. The van der Waals surface area contributed by atoms with Crippen LogP contribution < -0.4 is 0 Å². The van der Waals surface area contributed by atoms with Crippen LogP contribution >= 0.6 is 0 Å². The number of carbonyl (C=O) groups excluding carboxylic acids is 1. The van der Waals surface area contributed by atoms with Gasteiger partial charge in [0.2, 0.25) is 0 Å². The van der Waals surface area contributed by atoms with E-state index in [1.54, 1.807) is 6.20 Å². The van der Waals surface area contributed by atoms with Gasteiger partial charge >= 0.3 is 5.97 Å². The first kappa shape index (κ1) is 14.0. The molecule has 2 atom stereocenters. The Morgan fingerprint density at radius 1 is 1.63 bits per heavy atom. The van der Waals surface area contributed by atoms with Crippen molar-refractivity contribution in [2.45, 2.75) is 45.0 Å². The summed E-state index contributed by atoms with van der Waals surface area (Å²) in [5, 5.41) is 9.74. The Hall–Kier alpha value is -1.40. The van der Waals surface area contributed by atoms with Crippen LogP contribution in [-0.2, 0) is 16.1 Å². The number of likely N-dealkylation sites (tertiary alicyclic amines) is 1. The van der Waals surface area contributed by atoms with Gasteiger partial charge in [0, 0.05) is 31.4 Å². The van der Waals surface area contributed by atoms with Gasteiger partial charge < -0.3 is 14.4 Å². The molecule has 0 radical (unpaired) electrons. The van der Waals surface area contributed by atoms with Gasteiger partial charge in [-0.3, -0.25) is 9.69 Å². The monoisotopic (exact) mass is 267 g/mol. The first-order valence-electron chi connectivity index (χ1n) is 6.54. The van der Waals surface area contributed by atoms with Gasteiger partial charge in [-0.25, -0.2) is 4.98 Å². The van der Waals surface area contributed by atoms with Gasteiger partial charge in [-0.05, 0) is 13.8 Å². The normalized spacial score (nSPS) is 24.1. The highest BCUT2D eigenvalue weighted by atomic mass is 16.5. The minimum atomic E-state index is -0.480. The van der Waals surface area contributed by atoms with Crippen molar-refractivity contribution >= 4 is 5.97 Å². The highest BCUT2D eigenvalue weighted by Crippen LogP contribution is 2.22. The summed E-state index contributed by atoms with van der Waals surface area (Å²) in [5.74, 6) is 0.609. The topological polar surface area (TPSA) is 67.6 Å². The van der Waals surface area contributed by atoms with Crippen molar-refractivity contribution in [3.8, 4) is 0 Å². The van der Waals surface area contributed by atoms with E-state index in [0.29, 0.717) is 25.6 Å². The van der Waals surface area contributed by atoms with Gasteiger partial charge in [0.05, 0.1) is 19.8 Å². The van der Waals surface area contributed by atoms with E-state index in [-0.39, 0.29) is 12.0 Å². The molecule has 0 unspecified atom stereocenters. The lowest BCUT2D eigenvalue weighted by atomic mass is 10.2. The Balaban J connectivity index is 2.12. The van der Waals surface area contributed by atoms with Crippen molar-refractivity contribution in [2.75, 3.05) is 13.7 Å². The fourth-order valence-electron chi connectivity index (χ4n) is 2.55. The number of ether oxygens (including phenoxy) is 1. The zero-order valence-corrected chi connectivity index (χ0v) is 11.6. The van der Waals surface area contributed by atoms with Crippen LogP contribution in [0.1, 0.15) is 32.1 Å². The van der Waals surface area contributed by atoms with Gasteiger partial charge in [0.15, 0.2) is 0 Å². The van der Waals surface area contributed by atoms with Crippen LogP contribution in [0.4, 0.5) is 0 Å². The number of nitrogens with zero attached hydrogens (tertiary/aromatic N) is 3. The van der Waals surface area contributed by atoms with Crippen molar-refractivity contribution in [1.82, 2.24) is 14.5 Å². The first-order valence-corrected chi connectivity index (χ1v) is 6.54. The number of aromatic nitrogens is 2. The van der Waals surface area contributed by atoms with Gasteiger partial charge in [-0.1, -0.05) is 0 Å². The lowest BCUT2D eigenvalue weighted by molar-refractivity contribution is -0.146. The summed E-state index contributed by atoms with van der Waals surface area (Å²) in [6.07, 6.45) is 3.63. The Kier molecular flexibility index (Phi) is 4.21. The zero-order chi connectivity index (χ0) is 14.0. The molecule has 1 aliphatic heterocycles. The Labute approximate surface area is 113 Å². The molecule has 1 aromatic heterocycles. The molecule has 0 spiro atoms. The standard InChI is InChI=1S/C13H21N3O3/c1-9(2)16-5-4-14-12(16)8-15-7-10(17)6-11(15)13(18)19-3/h4-5,9-11,17H,6-8H2,1-3H3/t10-,11-/m1/s1. The first-order chi connectivity index (χ1) is 9.02. The van der Waals surface area contributed by atoms with Crippen LogP contribution in [0.15, 0.2) is 12.4 Å². The maximum Gasteiger partial charge on any atom is 0.323 e. The Bertz CT molecular complexity index is 444.